The fourth-order valence-electron chi connectivity index (χ4n) is 3.42. The molecule has 0 unspecified atom stereocenters. The van der Waals surface area contributed by atoms with Gasteiger partial charge in [-0.15, -0.1) is 0 Å². The van der Waals surface area contributed by atoms with Crippen molar-refractivity contribution in [2.45, 2.75) is 51.4 Å². The van der Waals surface area contributed by atoms with E-state index in [4.69, 9.17) is 9.47 Å². The van der Waals surface area contributed by atoms with Crippen LogP contribution in [0, 0.1) is 5.92 Å². The lowest BCUT2D eigenvalue weighted by molar-refractivity contribution is -0.165. The van der Waals surface area contributed by atoms with E-state index in [9.17, 15) is 14.7 Å². The molecule has 3 aliphatic rings. The highest BCUT2D eigenvalue weighted by molar-refractivity contribution is 5.89. The maximum Gasteiger partial charge on any atom is 0.343 e. The number of hydrogen-bond donors (Lipinski definition) is 1. The normalized spacial score (nSPS) is 40.3. The molecule has 0 saturated carbocycles. The predicted molar refractivity (Wildman–Crippen MR) is 82.2 cm³/mol. The molecular weight excluding hydrogens is 298 g/mol. The molecule has 23 heavy (non-hydrogen) atoms. The van der Waals surface area contributed by atoms with Crippen LogP contribution in [0.4, 0.5) is 0 Å². The van der Waals surface area contributed by atoms with Crippen molar-refractivity contribution in [1.82, 2.24) is 4.90 Å². The Morgan fingerprint density at radius 3 is 2.87 bits per heavy atom. The number of carbonyl (C=O) groups is 2. The number of aliphatic hydroxyl groups is 1. The summed E-state index contributed by atoms with van der Waals surface area (Å²) in [5.74, 6) is -1.03. The van der Waals surface area contributed by atoms with Gasteiger partial charge in [-0.2, -0.15) is 0 Å². The van der Waals surface area contributed by atoms with Crippen LogP contribution in [0.15, 0.2) is 23.5 Å². The van der Waals surface area contributed by atoms with Crippen molar-refractivity contribution in [3.63, 3.8) is 0 Å². The minimum Gasteiger partial charge on any atom is -0.457 e. The molecule has 0 radical (unpaired) electrons. The fraction of sp³-hybridized carbons (Fsp3) is 0.647. The number of esters is 2. The lowest BCUT2D eigenvalue weighted by atomic mass is 9.85. The van der Waals surface area contributed by atoms with E-state index >= 15 is 0 Å². The lowest BCUT2D eigenvalue weighted by Crippen LogP contribution is -2.44. The van der Waals surface area contributed by atoms with E-state index in [2.05, 4.69) is 4.90 Å². The Hall–Kier alpha value is -1.66. The predicted octanol–water partition coefficient (Wildman–Crippen LogP) is 1.15. The summed E-state index contributed by atoms with van der Waals surface area (Å²) in [6.45, 7) is 6.38. The van der Waals surface area contributed by atoms with Gasteiger partial charge in [0.2, 0.25) is 0 Å². The van der Waals surface area contributed by atoms with Crippen molar-refractivity contribution in [3.05, 3.63) is 23.5 Å². The van der Waals surface area contributed by atoms with Gasteiger partial charge in [0.15, 0.2) is 5.60 Å². The molecule has 0 bridgehead atoms. The summed E-state index contributed by atoms with van der Waals surface area (Å²) in [6, 6.07) is -0.231. The lowest BCUT2D eigenvalue weighted by Gasteiger charge is -2.28. The Morgan fingerprint density at radius 2 is 2.17 bits per heavy atom. The molecule has 126 valence electrons. The van der Waals surface area contributed by atoms with Crippen LogP contribution < -0.4 is 0 Å². The molecule has 3 heterocycles. The molecule has 6 heteroatoms. The third kappa shape index (κ3) is 2.70. The second-order valence-corrected chi connectivity index (χ2v) is 6.73. The average molecular weight is 321 g/mol. The van der Waals surface area contributed by atoms with Gasteiger partial charge < -0.3 is 14.6 Å². The van der Waals surface area contributed by atoms with Crippen molar-refractivity contribution >= 4 is 11.9 Å². The summed E-state index contributed by atoms with van der Waals surface area (Å²) in [5.41, 5.74) is -1.18. The molecule has 4 atom stereocenters. The first kappa shape index (κ1) is 16.2. The van der Waals surface area contributed by atoms with Crippen molar-refractivity contribution in [2.24, 2.45) is 5.92 Å². The van der Waals surface area contributed by atoms with Crippen molar-refractivity contribution in [1.29, 1.82) is 0 Å². The Balaban J connectivity index is 1.97. The zero-order chi connectivity index (χ0) is 16.8. The molecular formula is C17H23NO5. The molecule has 1 N–H and O–H groups in total. The summed E-state index contributed by atoms with van der Waals surface area (Å²) in [7, 11) is 0. The zero-order valence-electron chi connectivity index (χ0n) is 13.7. The molecule has 6 nitrogen and oxygen atoms in total. The van der Waals surface area contributed by atoms with Crippen LogP contribution in [0.3, 0.4) is 0 Å². The summed E-state index contributed by atoms with van der Waals surface area (Å²) in [5, 5.41) is 10.6. The van der Waals surface area contributed by atoms with Crippen LogP contribution in [0.5, 0.6) is 0 Å². The first-order valence-corrected chi connectivity index (χ1v) is 8.09. The van der Waals surface area contributed by atoms with Crippen molar-refractivity contribution in [3.8, 4) is 0 Å². The maximum atomic E-state index is 12.5. The average Bonchev–Trinajstić information content (AvgIpc) is 3.07. The molecule has 3 rings (SSSR count). The molecule has 2 saturated heterocycles. The Kier molecular flexibility index (Phi) is 4.06. The highest BCUT2D eigenvalue weighted by Gasteiger charge is 2.47. The Labute approximate surface area is 135 Å². The third-order valence-corrected chi connectivity index (χ3v) is 5.24. The summed E-state index contributed by atoms with van der Waals surface area (Å²) in [4.78, 5) is 27.0. The van der Waals surface area contributed by atoms with Gasteiger partial charge in [0.05, 0.1) is 0 Å². The molecule has 0 amide bonds. The molecule has 0 spiro atoms. The summed E-state index contributed by atoms with van der Waals surface area (Å²) >= 11 is 0. The van der Waals surface area contributed by atoms with E-state index in [1.807, 2.05) is 6.08 Å². The quantitative estimate of drug-likeness (QED) is 0.533. The number of rotatable bonds is 0. The number of allylic oxidation sites excluding steroid dienone is 1. The molecule has 0 aromatic heterocycles. The van der Waals surface area contributed by atoms with Gasteiger partial charge in [-0.3, -0.25) is 4.90 Å². The molecule has 0 aliphatic carbocycles. The topological polar surface area (TPSA) is 76.1 Å². The van der Waals surface area contributed by atoms with Crippen molar-refractivity contribution < 1.29 is 24.2 Å². The van der Waals surface area contributed by atoms with E-state index in [1.54, 1.807) is 19.9 Å². The Morgan fingerprint density at radius 1 is 1.43 bits per heavy atom. The second kappa shape index (κ2) is 5.76. The summed E-state index contributed by atoms with van der Waals surface area (Å²) < 4.78 is 11.2. The molecule has 3 aliphatic heterocycles. The molecule has 0 aromatic carbocycles. The van der Waals surface area contributed by atoms with Crippen LogP contribution in [-0.2, 0) is 19.1 Å². The van der Waals surface area contributed by atoms with Gasteiger partial charge in [0.25, 0.3) is 0 Å². The van der Waals surface area contributed by atoms with Crippen LogP contribution >= 0.6 is 0 Å². The largest absolute Gasteiger partial charge is 0.457 e. The minimum atomic E-state index is -1.67. The van der Waals surface area contributed by atoms with Crippen LogP contribution in [0.25, 0.3) is 0 Å². The van der Waals surface area contributed by atoms with Gasteiger partial charge in [-0.25, -0.2) is 9.59 Å². The zero-order valence-corrected chi connectivity index (χ0v) is 13.7. The monoisotopic (exact) mass is 321 g/mol. The van der Waals surface area contributed by atoms with E-state index < -0.39 is 17.5 Å². The molecule has 2 fully saturated rings. The smallest absolute Gasteiger partial charge is 0.343 e. The van der Waals surface area contributed by atoms with Gasteiger partial charge in [0, 0.05) is 18.7 Å². The maximum absolute atomic E-state index is 12.5. The first-order chi connectivity index (χ1) is 10.8. The Bertz CT molecular complexity index is 592. The van der Waals surface area contributed by atoms with E-state index in [1.165, 1.54) is 6.92 Å². The highest BCUT2D eigenvalue weighted by atomic mass is 16.6. The SMILES string of the molecule is C/C=C1/C[C@@H](C)[C@@](C)(O)C(=O)OC2=CCN3CC[C@@H](OC1=O)[C@@H]23. The first-order valence-electron chi connectivity index (χ1n) is 8.09. The number of carbonyl (C=O) groups excluding carboxylic acids is 2. The van der Waals surface area contributed by atoms with Gasteiger partial charge in [-0.1, -0.05) is 13.0 Å². The standard InChI is InChI=1S/C17H23NO5/c1-4-11-9-10(2)17(3,21)16(20)23-13-6-8-18-7-5-12(14(13)18)22-15(11)19/h4,6,10,12,14,21H,5,7-9H2,1-3H3/b11-4-/t10-,12-,14+,17-/m1/s1. The minimum absolute atomic E-state index is 0.231. The van der Waals surface area contributed by atoms with E-state index in [-0.39, 0.29) is 24.5 Å². The summed E-state index contributed by atoms with van der Waals surface area (Å²) in [6.07, 6.45) is 4.18. The van der Waals surface area contributed by atoms with Crippen LogP contribution in [0.1, 0.15) is 33.6 Å². The van der Waals surface area contributed by atoms with Crippen molar-refractivity contribution in [2.75, 3.05) is 13.1 Å². The third-order valence-electron chi connectivity index (χ3n) is 5.24. The van der Waals surface area contributed by atoms with Gasteiger partial charge in [0.1, 0.15) is 17.9 Å². The number of hydrogen-bond acceptors (Lipinski definition) is 6. The fourth-order valence-corrected chi connectivity index (χ4v) is 3.42. The van der Waals surface area contributed by atoms with Gasteiger partial charge in [-0.05, 0) is 38.7 Å². The van der Waals surface area contributed by atoms with Gasteiger partial charge >= 0.3 is 11.9 Å². The second-order valence-electron chi connectivity index (χ2n) is 6.73. The van der Waals surface area contributed by atoms with Crippen LogP contribution in [0.2, 0.25) is 0 Å². The molecule has 0 aromatic rings. The van der Waals surface area contributed by atoms with E-state index in [0.717, 1.165) is 6.54 Å². The highest BCUT2D eigenvalue weighted by Crippen LogP contribution is 2.35. The van der Waals surface area contributed by atoms with Crippen LogP contribution in [-0.4, -0.2) is 52.8 Å². The van der Waals surface area contributed by atoms with E-state index in [0.29, 0.717) is 24.3 Å². The number of ether oxygens (including phenoxy) is 2. The number of nitrogens with zero attached hydrogens (tertiary/aromatic N) is 1.